The minimum Gasteiger partial charge on any atom is -0.488 e. The van der Waals surface area contributed by atoms with Crippen LogP contribution in [0.25, 0.3) is 0 Å². The maximum atomic E-state index is 12.7. The molecule has 0 saturated carbocycles. The molecule has 1 saturated heterocycles. The molecule has 3 heterocycles. The predicted octanol–water partition coefficient (Wildman–Crippen LogP) is 3.84. The fraction of sp³-hybridized carbons (Fsp3) is 0.273. The molecule has 2 amide bonds. The summed E-state index contributed by atoms with van der Waals surface area (Å²) >= 11 is 7.61. The van der Waals surface area contributed by atoms with Crippen LogP contribution in [0.4, 0.5) is 5.13 Å². The molecule has 172 valence electrons. The SMILES string of the molecule is C[C@@H](CO)Oc1cc(Oc2ncc(C(=O)N3CCC3)cc2Cl)cc(C(=O)Nc2nccs2)c1. The van der Waals surface area contributed by atoms with E-state index in [4.69, 9.17) is 21.1 Å². The summed E-state index contributed by atoms with van der Waals surface area (Å²) in [4.78, 5) is 35.0. The van der Waals surface area contributed by atoms with Crippen LogP contribution in [0.15, 0.2) is 42.0 Å². The summed E-state index contributed by atoms with van der Waals surface area (Å²) in [6.07, 6.45) is 3.48. The number of thiazole rings is 1. The molecule has 1 aromatic carbocycles. The van der Waals surface area contributed by atoms with Gasteiger partial charge in [-0.25, -0.2) is 9.97 Å². The summed E-state index contributed by atoms with van der Waals surface area (Å²) in [6.45, 7) is 2.93. The molecular formula is C22H21ClN4O5S. The van der Waals surface area contributed by atoms with Crippen molar-refractivity contribution in [2.75, 3.05) is 25.0 Å². The second kappa shape index (κ2) is 10.2. The molecule has 0 aliphatic carbocycles. The normalized spacial score (nSPS) is 13.7. The van der Waals surface area contributed by atoms with Gasteiger partial charge in [0.1, 0.15) is 22.6 Å². The monoisotopic (exact) mass is 488 g/mol. The number of amides is 2. The van der Waals surface area contributed by atoms with E-state index < -0.39 is 12.0 Å². The Morgan fingerprint density at radius 2 is 2.00 bits per heavy atom. The first-order valence-corrected chi connectivity index (χ1v) is 11.4. The van der Waals surface area contributed by atoms with E-state index in [1.54, 1.807) is 29.5 Å². The number of likely N-dealkylation sites (tertiary alicyclic amines) is 1. The van der Waals surface area contributed by atoms with Crippen molar-refractivity contribution in [3.05, 3.63) is 58.2 Å². The molecule has 33 heavy (non-hydrogen) atoms. The van der Waals surface area contributed by atoms with E-state index >= 15 is 0 Å². The van der Waals surface area contributed by atoms with Crippen LogP contribution in [0, 0.1) is 0 Å². The van der Waals surface area contributed by atoms with Crippen LogP contribution in [-0.2, 0) is 0 Å². The molecule has 11 heteroatoms. The van der Waals surface area contributed by atoms with E-state index in [9.17, 15) is 14.7 Å². The Morgan fingerprint density at radius 1 is 1.21 bits per heavy atom. The molecule has 4 rings (SSSR count). The number of nitrogens with one attached hydrogen (secondary N) is 1. The molecule has 1 aliphatic heterocycles. The lowest BCUT2D eigenvalue weighted by Gasteiger charge is -2.30. The summed E-state index contributed by atoms with van der Waals surface area (Å²) in [6, 6.07) is 6.11. The van der Waals surface area contributed by atoms with Crippen LogP contribution in [0.5, 0.6) is 17.4 Å². The molecule has 1 atom stereocenters. The molecule has 0 spiro atoms. The Balaban J connectivity index is 1.58. The van der Waals surface area contributed by atoms with Crippen molar-refractivity contribution >= 4 is 39.9 Å². The summed E-state index contributed by atoms with van der Waals surface area (Å²) in [5, 5.41) is 14.4. The van der Waals surface area contributed by atoms with Gasteiger partial charge < -0.3 is 19.5 Å². The minimum absolute atomic E-state index is 0.0791. The molecule has 2 N–H and O–H groups in total. The molecule has 1 aliphatic rings. The van der Waals surface area contributed by atoms with Crippen LogP contribution in [-0.4, -0.2) is 57.6 Å². The van der Waals surface area contributed by atoms with Gasteiger partial charge >= 0.3 is 0 Å². The van der Waals surface area contributed by atoms with Crippen molar-refractivity contribution in [2.24, 2.45) is 0 Å². The Hall–Kier alpha value is -3.21. The molecule has 3 aromatic rings. The van der Waals surface area contributed by atoms with Gasteiger partial charge in [-0.05, 0) is 31.5 Å². The van der Waals surface area contributed by atoms with Gasteiger partial charge in [-0.15, -0.1) is 11.3 Å². The van der Waals surface area contributed by atoms with Gasteiger partial charge in [-0.1, -0.05) is 11.6 Å². The fourth-order valence-corrected chi connectivity index (χ4v) is 3.71. The van der Waals surface area contributed by atoms with Crippen molar-refractivity contribution in [3.63, 3.8) is 0 Å². The number of anilines is 1. The first-order chi connectivity index (χ1) is 15.9. The summed E-state index contributed by atoms with van der Waals surface area (Å²) in [7, 11) is 0. The molecule has 2 aromatic heterocycles. The van der Waals surface area contributed by atoms with Crippen LogP contribution < -0.4 is 14.8 Å². The minimum atomic E-state index is -0.497. The molecule has 9 nitrogen and oxygen atoms in total. The lowest BCUT2D eigenvalue weighted by Crippen LogP contribution is -2.42. The van der Waals surface area contributed by atoms with Gasteiger partial charge in [0.15, 0.2) is 5.13 Å². The maximum Gasteiger partial charge on any atom is 0.257 e. The number of pyridine rings is 1. The zero-order chi connectivity index (χ0) is 23.4. The second-order valence-corrected chi connectivity index (χ2v) is 8.66. The highest BCUT2D eigenvalue weighted by molar-refractivity contribution is 7.13. The second-order valence-electron chi connectivity index (χ2n) is 7.35. The van der Waals surface area contributed by atoms with Crippen molar-refractivity contribution in [1.29, 1.82) is 0 Å². The number of nitrogens with zero attached hydrogens (tertiary/aromatic N) is 3. The third-order valence-electron chi connectivity index (χ3n) is 4.80. The Morgan fingerprint density at radius 3 is 2.64 bits per heavy atom. The number of halogens is 1. The van der Waals surface area contributed by atoms with Crippen molar-refractivity contribution in [3.8, 4) is 17.4 Å². The molecule has 0 radical (unpaired) electrons. The van der Waals surface area contributed by atoms with Crippen LogP contribution >= 0.6 is 22.9 Å². The number of ether oxygens (including phenoxy) is 2. The number of carbonyl (C=O) groups excluding carboxylic acids is 2. The van der Waals surface area contributed by atoms with E-state index in [0.29, 0.717) is 16.4 Å². The third-order valence-corrected chi connectivity index (χ3v) is 5.76. The van der Waals surface area contributed by atoms with Crippen LogP contribution in [0.1, 0.15) is 34.1 Å². The number of aliphatic hydroxyl groups excluding tert-OH is 1. The third kappa shape index (κ3) is 5.59. The molecule has 0 unspecified atom stereocenters. The van der Waals surface area contributed by atoms with Gasteiger partial charge in [0.05, 0.1) is 12.2 Å². The first-order valence-electron chi connectivity index (χ1n) is 10.2. The van der Waals surface area contributed by atoms with Gasteiger partial charge in [0, 0.05) is 42.5 Å². The van der Waals surface area contributed by atoms with Crippen LogP contribution in [0.2, 0.25) is 5.02 Å². The van der Waals surface area contributed by atoms with E-state index in [1.807, 2.05) is 0 Å². The Kier molecular flexibility index (Phi) is 7.07. The lowest BCUT2D eigenvalue weighted by molar-refractivity contribution is 0.0651. The van der Waals surface area contributed by atoms with E-state index in [2.05, 4.69) is 15.3 Å². The zero-order valence-corrected chi connectivity index (χ0v) is 19.2. The topological polar surface area (TPSA) is 114 Å². The van der Waals surface area contributed by atoms with E-state index in [0.717, 1.165) is 19.5 Å². The summed E-state index contributed by atoms with van der Waals surface area (Å²) < 4.78 is 11.5. The number of rotatable bonds is 8. The van der Waals surface area contributed by atoms with Gasteiger partial charge in [-0.3, -0.25) is 14.9 Å². The number of hydrogen-bond acceptors (Lipinski definition) is 8. The van der Waals surface area contributed by atoms with Gasteiger partial charge in [-0.2, -0.15) is 0 Å². The highest BCUT2D eigenvalue weighted by Gasteiger charge is 2.23. The largest absolute Gasteiger partial charge is 0.488 e. The lowest BCUT2D eigenvalue weighted by atomic mass is 10.1. The highest BCUT2D eigenvalue weighted by Crippen LogP contribution is 2.32. The number of hydrogen-bond donors (Lipinski definition) is 2. The quantitative estimate of drug-likeness (QED) is 0.495. The molecule has 0 bridgehead atoms. The average molecular weight is 489 g/mol. The summed E-state index contributed by atoms with van der Waals surface area (Å²) in [5.41, 5.74) is 0.632. The Bertz CT molecular complexity index is 1150. The van der Waals surface area contributed by atoms with Crippen molar-refractivity contribution in [1.82, 2.24) is 14.9 Å². The summed E-state index contributed by atoms with van der Waals surface area (Å²) in [5.74, 6) is 0.107. The number of benzene rings is 1. The van der Waals surface area contributed by atoms with Crippen LogP contribution in [0.3, 0.4) is 0 Å². The van der Waals surface area contributed by atoms with Gasteiger partial charge in [0.2, 0.25) is 5.88 Å². The smallest absolute Gasteiger partial charge is 0.257 e. The molecule has 1 fully saturated rings. The first kappa shape index (κ1) is 23.0. The number of carbonyl (C=O) groups is 2. The number of aliphatic hydroxyl groups is 1. The van der Waals surface area contributed by atoms with Crippen molar-refractivity contribution in [2.45, 2.75) is 19.4 Å². The fourth-order valence-electron chi connectivity index (χ4n) is 2.98. The molecular weight excluding hydrogens is 468 g/mol. The predicted molar refractivity (Wildman–Crippen MR) is 124 cm³/mol. The number of aromatic nitrogens is 2. The average Bonchev–Trinajstić information content (AvgIpc) is 3.26. The zero-order valence-electron chi connectivity index (χ0n) is 17.7. The maximum absolute atomic E-state index is 12.7. The standard InChI is InChI=1S/C22H21ClN4O5S/c1-13(12-28)31-16-7-14(19(29)26-22-24-3-6-33-22)8-17(10-16)32-20-18(23)9-15(11-25-20)21(30)27-4-2-5-27/h3,6-11,13,28H,2,4-5,12H2,1H3,(H,24,26,29)/t13-/m0/s1. The van der Waals surface area contributed by atoms with E-state index in [-0.39, 0.29) is 34.7 Å². The van der Waals surface area contributed by atoms with Gasteiger partial charge in [0.25, 0.3) is 11.8 Å². The highest BCUT2D eigenvalue weighted by atomic mass is 35.5. The Labute approximate surface area is 198 Å². The van der Waals surface area contributed by atoms with E-state index in [1.165, 1.54) is 35.7 Å². The van der Waals surface area contributed by atoms with Crippen molar-refractivity contribution < 1.29 is 24.2 Å².